The highest BCUT2D eigenvalue weighted by atomic mass is 32.2. The number of aliphatic carboxylic acids is 1. The number of sulfonamides is 1. The summed E-state index contributed by atoms with van der Waals surface area (Å²) in [5.41, 5.74) is 0. The van der Waals surface area contributed by atoms with Crippen LogP contribution in [0.3, 0.4) is 0 Å². The van der Waals surface area contributed by atoms with Gasteiger partial charge < -0.3 is 14.8 Å². The molecule has 2 aromatic heterocycles. The van der Waals surface area contributed by atoms with Crippen LogP contribution < -0.4 is 10.5 Å². The van der Waals surface area contributed by atoms with Gasteiger partial charge in [0.15, 0.2) is 0 Å². The molecule has 7 nitrogen and oxygen atoms in total. The molecule has 114 valence electrons. The lowest BCUT2D eigenvalue weighted by Gasteiger charge is -2.14. The van der Waals surface area contributed by atoms with Gasteiger partial charge in [-0.25, -0.2) is 13.6 Å². The molecule has 2 aromatic rings. The molecule has 0 aliphatic rings. The third kappa shape index (κ3) is 4.39. The number of carboxylic acids is 1. The first kappa shape index (κ1) is 15.7. The van der Waals surface area contributed by atoms with Crippen LogP contribution in [-0.4, -0.2) is 19.5 Å². The first-order valence-corrected chi connectivity index (χ1v) is 8.39. The maximum absolute atomic E-state index is 11.1. The minimum Gasteiger partial charge on any atom is -0.481 e. The van der Waals surface area contributed by atoms with Crippen LogP contribution in [0.1, 0.15) is 23.1 Å². The summed E-state index contributed by atoms with van der Waals surface area (Å²) in [6.07, 6.45) is -0.0801. The lowest BCUT2D eigenvalue weighted by Crippen LogP contribution is -2.22. The van der Waals surface area contributed by atoms with Gasteiger partial charge in [-0.3, -0.25) is 4.79 Å². The van der Waals surface area contributed by atoms with Crippen LogP contribution in [0.2, 0.25) is 0 Å². The minimum atomic E-state index is -3.87. The molecule has 9 heteroatoms. The average Bonchev–Trinajstić information content (AvgIpc) is 3.04. The summed E-state index contributed by atoms with van der Waals surface area (Å²) < 4.78 is 27.3. The molecule has 4 N–H and O–H groups in total. The predicted octanol–water partition coefficient (Wildman–Crippen LogP) is 1.29. The summed E-state index contributed by atoms with van der Waals surface area (Å²) in [6.45, 7) is 0.200. The molecule has 0 aliphatic carbocycles. The zero-order valence-corrected chi connectivity index (χ0v) is 12.5. The smallest absolute Gasteiger partial charge is 0.305 e. The Morgan fingerprint density at radius 2 is 2.19 bits per heavy atom. The number of carboxylic acid groups (broad SMARTS) is 1. The zero-order valence-electron chi connectivity index (χ0n) is 10.9. The highest BCUT2D eigenvalue weighted by molar-refractivity contribution is 7.89. The van der Waals surface area contributed by atoms with Crippen molar-refractivity contribution < 1.29 is 22.7 Å². The van der Waals surface area contributed by atoms with Crippen LogP contribution in [0.4, 0.5) is 0 Å². The molecule has 0 aliphatic heterocycles. The summed E-state index contributed by atoms with van der Waals surface area (Å²) in [4.78, 5) is 11.8. The molecule has 2 rings (SSSR count). The highest BCUT2D eigenvalue weighted by Gasteiger charge is 2.18. The Kier molecular flexibility index (Phi) is 4.78. The number of nitrogens with one attached hydrogen (secondary N) is 1. The summed E-state index contributed by atoms with van der Waals surface area (Å²) in [6, 6.07) is 6.06. The van der Waals surface area contributed by atoms with Gasteiger partial charge in [-0.15, -0.1) is 11.3 Å². The van der Waals surface area contributed by atoms with E-state index in [1.807, 2.05) is 17.5 Å². The van der Waals surface area contributed by atoms with E-state index in [9.17, 15) is 13.2 Å². The fourth-order valence-corrected chi connectivity index (χ4v) is 3.05. The fourth-order valence-electron chi connectivity index (χ4n) is 1.77. The van der Waals surface area contributed by atoms with E-state index in [0.29, 0.717) is 5.76 Å². The third-order valence-corrected chi connectivity index (χ3v) is 4.47. The van der Waals surface area contributed by atoms with Gasteiger partial charge in [0.05, 0.1) is 19.0 Å². The second-order valence-electron chi connectivity index (χ2n) is 4.31. The van der Waals surface area contributed by atoms with Gasteiger partial charge in [0, 0.05) is 4.88 Å². The van der Waals surface area contributed by atoms with E-state index in [2.05, 4.69) is 5.32 Å². The number of hydrogen-bond donors (Lipinski definition) is 3. The van der Waals surface area contributed by atoms with Crippen molar-refractivity contribution in [3.8, 4) is 0 Å². The van der Waals surface area contributed by atoms with E-state index < -0.39 is 16.0 Å². The molecule has 0 saturated carbocycles. The van der Waals surface area contributed by atoms with E-state index in [-0.39, 0.29) is 24.1 Å². The van der Waals surface area contributed by atoms with Gasteiger partial charge in [0.2, 0.25) is 5.09 Å². The molecular weight excluding hydrogens is 316 g/mol. The number of nitrogens with two attached hydrogens (primary N) is 1. The Labute approximate surface area is 125 Å². The highest BCUT2D eigenvalue weighted by Crippen LogP contribution is 2.23. The molecule has 21 heavy (non-hydrogen) atoms. The van der Waals surface area contributed by atoms with Crippen molar-refractivity contribution in [3.63, 3.8) is 0 Å². The summed E-state index contributed by atoms with van der Waals surface area (Å²) in [5, 5.41) is 18.5. The Morgan fingerprint density at radius 1 is 1.43 bits per heavy atom. The molecule has 1 unspecified atom stereocenters. The topological polar surface area (TPSA) is 123 Å². The van der Waals surface area contributed by atoms with Gasteiger partial charge in [-0.1, -0.05) is 6.07 Å². The van der Waals surface area contributed by atoms with E-state index in [4.69, 9.17) is 14.7 Å². The van der Waals surface area contributed by atoms with Crippen LogP contribution >= 0.6 is 11.3 Å². The van der Waals surface area contributed by atoms with E-state index in [1.54, 1.807) is 0 Å². The summed E-state index contributed by atoms with van der Waals surface area (Å²) in [5.74, 6) is -0.559. The number of rotatable bonds is 7. The van der Waals surface area contributed by atoms with E-state index >= 15 is 0 Å². The monoisotopic (exact) mass is 330 g/mol. The lowest BCUT2D eigenvalue weighted by molar-refractivity contribution is -0.137. The second kappa shape index (κ2) is 6.39. The van der Waals surface area contributed by atoms with Crippen LogP contribution in [-0.2, 0) is 21.4 Å². The van der Waals surface area contributed by atoms with Crippen LogP contribution in [0, 0.1) is 0 Å². The second-order valence-corrected chi connectivity index (χ2v) is 6.78. The van der Waals surface area contributed by atoms with Crippen LogP contribution in [0.25, 0.3) is 0 Å². The molecule has 1 atom stereocenters. The van der Waals surface area contributed by atoms with Gasteiger partial charge in [0.25, 0.3) is 10.0 Å². The maximum atomic E-state index is 11.1. The van der Waals surface area contributed by atoms with Crippen LogP contribution in [0.15, 0.2) is 39.2 Å². The van der Waals surface area contributed by atoms with E-state index in [1.165, 1.54) is 23.5 Å². The normalized spacial score (nSPS) is 13.2. The number of furan rings is 1. The first-order chi connectivity index (χ1) is 9.86. The van der Waals surface area contributed by atoms with E-state index in [0.717, 1.165) is 4.88 Å². The number of primary sulfonamides is 1. The molecule has 0 fully saturated rings. The summed E-state index contributed by atoms with van der Waals surface area (Å²) >= 11 is 1.45. The Hall–Kier alpha value is -1.68. The molecule has 0 radical (unpaired) electrons. The van der Waals surface area contributed by atoms with Crippen molar-refractivity contribution in [1.29, 1.82) is 0 Å². The predicted molar refractivity (Wildman–Crippen MR) is 76.2 cm³/mol. The molecule has 0 amide bonds. The molecule has 2 heterocycles. The largest absolute Gasteiger partial charge is 0.481 e. The average molecular weight is 330 g/mol. The molecule has 0 saturated heterocycles. The SMILES string of the molecule is NS(=O)(=O)c1ccc(CNC(CC(=O)O)c2cccs2)o1. The first-order valence-electron chi connectivity index (χ1n) is 5.96. The zero-order chi connectivity index (χ0) is 15.5. The van der Waals surface area contributed by atoms with Crippen molar-refractivity contribution in [3.05, 3.63) is 40.3 Å². The minimum absolute atomic E-state index is 0.0801. The van der Waals surface area contributed by atoms with Crippen molar-refractivity contribution in [2.75, 3.05) is 0 Å². The number of carbonyl (C=O) groups is 1. The lowest BCUT2D eigenvalue weighted by atomic mass is 10.1. The fraction of sp³-hybridized carbons (Fsp3) is 0.250. The van der Waals surface area contributed by atoms with Crippen LogP contribution in [0.5, 0.6) is 0 Å². The van der Waals surface area contributed by atoms with Gasteiger partial charge in [0.1, 0.15) is 5.76 Å². The van der Waals surface area contributed by atoms with Gasteiger partial charge in [-0.2, -0.15) is 0 Å². The summed E-state index contributed by atoms with van der Waals surface area (Å²) in [7, 11) is -3.87. The van der Waals surface area contributed by atoms with Gasteiger partial charge >= 0.3 is 5.97 Å². The third-order valence-electron chi connectivity index (χ3n) is 2.71. The van der Waals surface area contributed by atoms with Crippen molar-refractivity contribution >= 4 is 27.3 Å². The standard InChI is InChI=1S/C12H14N2O5S2/c13-21(17,18)12-4-3-8(19-12)7-14-9(6-11(15)16)10-2-1-5-20-10/h1-5,9,14H,6-7H2,(H,15,16)(H2,13,17,18). The Bertz CT molecular complexity index is 706. The quantitative estimate of drug-likeness (QED) is 0.703. The van der Waals surface area contributed by atoms with Crippen molar-refractivity contribution in [1.82, 2.24) is 5.32 Å². The van der Waals surface area contributed by atoms with Crippen molar-refractivity contribution in [2.45, 2.75) is 24.1 Å². The molecular formula is C12H14N2O5S2. The number of thiophene rings is 1. The maximum Gasteiger partial charge on any atom is 0.305 e. The Balaban J connectivity index is 2.05. The van der Waals surface area contributed by atoms with Gasteiger partial charge in [-0.05, 0) is 23.6 Å². The molecule has 0 aromatic carbocycles. The number of hydrogen-bond acceptors (Lipinski definition) is 6. The molecule has 0 bridgehead atoms. The Morgan fingerprint density at radius 3 is 2.71 bits per heavy atom. The van der Waals surface area contributed by atoms with Crippen molar-refractivity contribution in [2.24, 2.45) is 5.14 Å². The molecule has 0 spiro atoms.